The maximum absolute atomic E-state index is 11.1. The molecular formula is C11H17N5O. The van der Waals surface area contributed by atoms with E-state index in [1.165, 1.54) is 6.33 Å². The average Bonchev–Trinajstić information content (AvgIpc) is 2.33. The van der Waals surface area contributed by atoms with Crippen LogP contribution >= 0.6 is 0 Å². The molecule has 0 aliphatic carbocycles. The maximum atomic E-state index is 11.1. The summed E-state index contributed by atoms with van der Waals surface area (Å²) >= 11 is 0. The van der Waals surface area contributed by atoms with Crippen molar-refractivity contribution < 1.29 is 4.79 Å². The fourth-order valence-corrected chi connectivity index (χ4v) is 2.15. The molecule has 0 spiro atoms. The second kappa shape index (κ2) is 4.57. The number of nitrogens with zero attached hydrogens (tertiary/aromatic N) is 3. The summed E-state index contributed by atoms with van der Waals surface area (Å²) in [7, 11) is 0. The third kappa shape index (κ3) is 2.30. The Bertz CT molecular complexity index is 426. The molecular weight excluding hydrogens is 218 g/mol. The minimum absolute atomic E-state index is 0.00857. The molecule has 0 saturated carbocycles. The molecule has 1 fully saturated rings. The zero-order chi connectivity index (χ0) is 12.4. The molecule has 0 aromatic carbocycles. The lowest BCUT2D eigenvalue weighted by Crippen LogP contribution is -2.39. The number of amides is 1. The Balaban J connectivity index is 2.10. The molecule has 1 saturated heterocycles. The van der Waals surface area contributed by atoms with E-state index >= 15 is 0 Å². The summed E-state index contributed by atoms with van der Waals surface area (Å²) in [4.78, 5) is 21.4. The topological polar surface area (TPSA) is 98.1 Å². The molecule has 1 aromatic heterocycles. The van der Waals surface area contributed by atoms with Gasteiger partial charge in [0.1, 0.15) is 18.0 Å². The minimum Gasteiger partial charge on any atom is -0.383 e. The highest BCUT2D eigenvalue weighted by Crippen LogP contribution is 2.25. The summed E-state index contributed by atoms with van der Waals surface area (Å²) in [6, 6.07) is 0. The van der Waals surface area contributed by atoms with Crippen LogP contribution in [0.25, 0.3) is 0 Å². The highest BCUT2D eigenvalue weighted by atomic mass is 16.1. The number of primary amides is 1. The van der Waals surface area contributed by atoms with Crippen molar-refractivity contribution in [1.82, 2.24) is 9.97 Å². The fourth-order valence-electron chi connectivity index (χ4n) is 2.15. The van der Waals surface area contributed by atoms with E-state index in [0.717, 1.165) is 37.3 Å². The quantitative estimate of drug-likeness (QED) is 0.755. The van der Waals surface area contributed by atoms with E-state index in [4.69, 9.17) is 11.5 Å². The molecule has 6 heteroatoms. The number of hydrogen-bond donors (Lipinski definition) is 2. The van der Waals surface area contributed by atoms with Crippen LogP contribution in [0.5, 0.6) is 0 Å². The van der Waals surface area contributed by atoms with Crippen LogP contribution in [0, 0.1) is 12.8 Å². The second-order valence-corrected chi connectivity index (χ2v) is 4.37. The van der Waals surface area contributed by atoms with Crippen molar-refractivity contribution in [2.45, 2.75) is 19.8 Å². The van der Waals surface area contributed by atoms with Crippen LogP contribution in [0.1, 0.15) is 18.4 Å². The van der Waals surface area contributed by atoms with Crippen molar-refractivity contribution in [2.75, 3.05) is 23.7 Å². The monoisotopic (exact) mass is 235 g/mol. The first-order valence-electron chi connectivity index (χ1n) is 5.71. The molecule has 0 bridgehead atoms. The number of rotatable bonds is 2. The molecule has 0 unspecified atom stereocenters. The van der Waals surface area contributed by atoms with E-state index in [0.29, 0.717) is 5.82 Å². The Hall–Kier alpha value is -1.85. The van der Waals surface area contributed by atoms with Gasteiger partial charge in [-0.2, -0.15) is 0 Å². The van der Waals surface area contributed by atoms with Crippen molar-refractivity contribution >= 4 is 17.5 Å². The van der Waals surface area contributed by atoms with Crippen LogP contribution in [-0.2, 0) is 4.79 Å². The van der Waals surface area contributed by atoms with E-state index in [1.807, 2.05) is 6.92 Å². The normalized spacial score (nSPS) is 17.1. The summed E-state index contributed by atoms with van der Waals surface area (Å²) < 4.78 is 0. The lowest BCUT2D eigenvalue weighted by molar-refractivity contribution is -0.122. The molecule has 6 nitrogen and oxygen atoms in total. The third-order valence-corrected chi connectivity index (χ3v) is 3.29. The first kappa shape index (κ1) is 11.6. The average molecular weight is 235 g/mol. The lowest BCUT2D eigenvalue weighted by atomic mass is 9.96. The summed E-state index contributed by atoms with van der Waals surface area (Å²) in [5.74, 6) is 1.15. The molecule has 1 aliphatic heterocycles. The van der Waals surface area contributed by atoms with E-state index in [-0.39, 0.29) is 11.8 Å². The molecule has 1 aliphatic rings. The van der Waals surface area contributed by atoms with Crippen molar-refractivity contribution in [1.29, 1.82) is 0 Å². The molecule has 0 atom stereocenters. The van der Waals surface area contributed by atoms with Crippen molar-refractivity contribution in [3.63, 3.8) is 0 Å². The van der Waals surface area contributed by atoms with Crippen molar-refractivity contribution in [2.24, 2.45) is 11.7 Å². The Kier molecular flexibility index (Phi) is 3.12. The number of nitrogen functional groups attached to an aromatic ring is 1. The Morgan fingerprint density at radius 3 is 2.65 bits per heavy atom. The van der Waals surface area contributed by atoms with E-state index in [1.54, 1.807) is 0 Å². The van der Waals surface area contributed by atoms with Crippen LogP contribution in [-0.4, -0.2) is 29.0 Å². The molecule has 0 radical (unpaired) electrons. The van der Waals surface area contributed by atoms with Crippen LogP contribution in [0.3, 0.4) is 0 Å². The summed E-state index contributed by atoms with van der Waals surface area (Å²) in [6.45, 7) is 3.47. The first-order chi connectivity index (χ1) is 8.09. The lowest BCUT2D eigenvalue weighted by Gasteiger charge is -2.32. The largest absolute Gasteiger partial charge is 0.383 e. The van der Waals surface area contributed by atoms with Crippen LogP contribution in [0.4, 0.5) is 11.6 Å². The molecule has 1 aromatic rings. The van der Waals surface area contributed by atoms with Gasteiger partial charge in [-0.25, -0.2) is 9.97 Å². The zero-order valence-electron chi connectivity index (χ0n) is 9.89. The number of piperidine rings is 1. The SMILES string of the molecule is Cc1c(N)ncnc1N1CCC(C(N)=O)CC1. The van der Waals surface area contributed by atoms with E-state index < -0.39 is 0 Å². The first-order valence-corrected chi connectivity index (χ1v) is 5.71. The van der Waals surface area contributed by atoms with Gasteiger partial charge in [0.25, 0.3) is 0 Å². The number of anilines is 2. The van der Waals surface area contributed by atoms with Gasteiger partial charge in [0.2, 0.25) is 5.91 Å². The molecule has 2 rings (SSSR count). The molecule has 4 N–H and O–H groups in total. The van der Waals surface area contributed by atoms with E-state index in [2.05, 4.69) is 14.9 Å². The number of nitrogens with two attached hydrogens (primary N) is 2. The molecule has 92 valence electrons. The Morgan fingerprint density at radius 1 is 1.41 bits per heavy atom. The Morgan fingerprint density at radius 2 is 2.06 bits per heavy atom. The predicted octanol–water partition coefficient (Wildman–Crippen LogP) is 0.0689. The van der Waals surface area contributed by atoms with Crippen LogP contribution in [0.2, 0.25) is 0 Å². The maximum Gasteiger partial charge on any atom is 0.220 e. The highest BCUT2D eigenvalue weighted by molar-refractivity contribution is 5.77. The van der Waals surface area contributed by atoms with Gasteiger partial charge in [-0.05, 0) is 19.8 Å². The summed E-state index contributed by atoms with van der Waals surface area (Å²) in [5, 5.41) is 0. The number of hydrogen-bond acceptors (Lipinski definition) is 5. The van der Waals surface area contributed by atoms with Gasteiger partial charge in [-0.3, -0.25) is 4.79 Å². The van der Waals surface area contributed by atoms with Gasteiger partial charge >= 0.3 is 0 Å². The Labute approximate surface area is 100 Å². The number of aromatic nitrogens is 2. The number of carbonyl (C=O) groups is 1. The van der Waals surface area contributed by atoms with Crippen LogP contribution < -0.4 is 16.4 Å². The fraction of sp³-hybridized carbons (Fsp3) is 0.545. The molecule has 2 heterocycles. The highest BCUT2D eigenvalue weighted by Gasteiger charge is 2.24. The van der Waals surface area contributed by atoms with Gasteiger partial charge in [-0.1, -0.05) is 0 Å². The van der Waals surface area contributed by atoms with E-state index in [9.17, 15) is 4.79 Å². The molecule has 17 heavy (non-hydrogen) atoms. The number of carbonyl (C=O) groups excluding carboxylic acids is 1. The van der Waals surface area contributed by atoms with Gasteiger partial charge in [-0.15, -0.1) is 0 Å². The molecule has 1 amide bonds. The predicted molar refractivity (Wildman–Crippen MR) is 65.3 cm³/mol. The van der Waals surface area contributed by atoms with Crippen molar-refractivity contribution in [3.8, 4) is 0 Å². The minimum atomic E-state index is -0.205. The van der Waals surface area contributed by atoms with Crippen molar-refractivity contribution in [3.05, 3.63) is 11.9 Å². The third-order valence-electron chi connectivity index (χ3n) is 3.29. The van der Waals surface area contributed by atoms with Gasteiger partial charge in [0, 0.05) is 24.6 Å². The summed E-state index contributed by atoms with van der Waals surface area (Å²) in [6.07, 6.45) is 3.02. The summed E-state index contributed by atoms with van der Waals surface area (Å²) in [5.41, 5.74) is 11.9. The van der Waals surface area contributed by atoms with Crippen LogP contribution in [0.15, 0.2) is 6.33 Å². The van der Waals surface area contributed by atoms with Gasteiger partial charge < -0.3 is 16.4 Å². The second-order valence-electron chi connectivity index (χ2n) is 4.37. The standard InChI is InChI=1S/C11H17N5O/c1-7-9(12)14-6-15-11(7)16-4-2-8(3-5-16)10(13)17/h6,8H,2-5H2,1H3,(H2,13,17)(H2,12,14,15). The van der Waals surface area contributed by atoms with Gasteiger partial charge in [0.15, 0.2) is 0 Å². The smallest absolute Gasteiger partial charge is 0.220 e. The van der Waals surface area contributed by atoms with Gasteiger partial charge in [0.05, 0.1) is 0 Å². The zero-order valence-corrected chi connectivity index (χ0v) is 9.89.